The Morgan fingerprint density at radius 1 is 1.11 bits per heavy atom. The van der Waals surface area contributed by atoms with Crippen molar-refractivity contribution in [2.75, 3.05) is 6.54 Å². The third-order valence-electron chi connectivity index (χ3n) is 5.61. The summed E-state index contributed by atoms with van der Waals surface area (Å²) in [5.41, 5.74) is 5.80. The molecule has 2 aromatic carbocycles. The highest BCUT2D eigenvalue weighted by atomic mass is 35.5. The third-order valence-corrected chi connectivity index (χ3v) is 5.85. The predicted octanol–water partition coefficient (Wildman–Crippen LogP) is 5.62. The highest BCUT2D eigenvalue weighted by Gasteiger charge is 2.29. The summed E-state index contributed by atoms with van der Waals surface area (Å²) in [5.74, 6) is 0. The summed E-state index contributed by atoms with van der Waals surface area (Å²) in [5, 5.41) is 9.61. The van der Waals surface area contributed by atoms with Gasteiger partial charge >= 0.3 is 0 Å². The molecule has 28 heavy (non-hydrogen) atoms. The number of pyridine rings is 1. The maximum absolute atomic E-state index is 6.22. The van der Waals surface area contributed by atoms with Crippen molar-refractivity contribution >= 4 is 22.5 Å². The van der Waals surface area contributed by atoms with Crippen LogP contribution in [0, 0.1) is 0 Å². The molecule has 4 aromatic rings. The molecule has 1 saturated heterocycles. The Bertz CT molecular complexity index is 1120. The van der Waals surface area contributed by atoms with Crippen molar-refractivity contribution in [3.63, 3.8) is 0 Å². The lowest BCUT2D eigenvalue weighted by Crippen LogP contribution is -2.23. The number of fused-ring (bicyclic) bond motifs is 1. The molecular formula is C23H21ClN4. The Morgan fingerprint density at radius 2 is 2.04 bits per heavy atom. The average Bonchev–Trinajstić information content (AvgIpc) is 3.37. The van der Waals surface area contributed by atoms with Crippen LogP contribution in [0.5, 0.6) is 0 Å². The van der Waals surface area contributed by atoms with Gasteiger partial charge in [-0.25, -0.2) is 0 Å². The molecular weight excluding hydrogens is 368 g/mol. The van der Waals surface area contributed by atoms with Crippen LogP contribution in [0.1, 0.15) is 30.1 Å². The minimum absolute atomic E-state index is 0.323. The van der Waals surface area contributed by atoms with Crippen molar-refractivity contribution in [1.82, 2.24) is 20.1 Å². The molecule has 0 aliphatic carbocycles. The normalized spacial score (nSPS) is 17.4. The Hall–Kier alpha value is -2.69. The number of para-hydroxylation sites is 1. The molecule has 0 unspecified atom stereocenters. The first kappa shape index (κ1) is 17.4. The molecule has 1 fully saturated rings. The van der Waals surface area contributed by atoms with Crippen LogP contribution < -0.4 is 0 Å². The lowest BCUT2D eigenvalue weighted by Gasteiger charge is -2.25. The van der Waals surface area contributed by atoms with Crippen LogP contribution in [-0.4, -0.2) is 26.6 Å². The lowest BCUT2D eigenvalue weighted by atomic mass is 10.0. The molecule has 4 nitrogen and oxygen atoms in total. The zero-order valence-corrected chi connectivity index (χ0v) is 16.2. The molecule has 5 rings (SSSR count). The van der Waals surface area contributed by atoms with E-state index < -0.39 is 0 Å². The van der Waals surface area contributed by atoms with Crippen LogP contribution in [0.3, 0.4) is 0 Å². The number of aromatic amines is 1. The van der Waals surface area contributed by atoms with Gasteiger partial charge in [-0.1, -0.05) is 41.9 Å². The topological polar surface area (TPSA) is 44.8 Å². The number of rotatable bonds is 4. The molecule has 1 aliphatic heterocycles. The molecule has 5 heteroatoms. The van der Waals surface area contributed by atoms with Crippen molar-refractivity contribution in [3.05, 3.63) is 83.3 Å². The van der Waals surface area contributed by atoms with Gasteiger partial charge in [-0.3, -0.25) is 15.0 Å². The van der Waals surface area contributed by atoms with Crippen LogP contribution in [0.2, 0.25) is 5.02 Å². The van der Waals surface area contributed by atoms with E-state index >= 15 is 0 Å². The monoisotopic (exact) mass is 388 g/mol. The number of halogens is 1. The minimum Gasteiger partial charge on any atom is -0.290 e. The average molecular weight is 389 g/mol. The van der Waals surface area contributed by atoms with Gasteiger partial charge < -0.3 is 0 Å². The molecule has 1 N–H and O–H groups in total. The fraction of sp³-hybridized carbons (Fsp3) is 0.217. The van der Waals surface area contributed by atoms with E-state index in [0.29, 0.717) is 6.04 Å². The fourth-order valence-electron chi connectivity index (χ4n) is 4.29. The number of H-pyrrole nitrogens is 1. The standard InChI is InChI=1S/C23H21ClN4/c24-18-6-3-5-16(13-18)20-14-26-27-23(20)22-9-4-12-28(22)15-17-10-11-25-21-8-2-1-7-19(17)21/h1-3,5-8,10-11,13-14,22H,4,9,12,15H2,(H,26,27)/t22-/m1/s1. The van der Waals surface area contributed by atoms with Gasteiger partial charge in [0.2, 0.25) is 0 Å². The number of likely N-dealkylation sites (tertiary alicyclic amines) is 1. The Labute approximate surface area is 169 Å². The molecule has 1 atom stereocenters. The molecule has 0 bridgehead atoms. The van der Waals surface area contributed by atoms with E-state index in [4.69, 9.17) is 11.6 Å². The molecule has 140 valence electrons. The SMILES string of the molecule is Clc1cccc(-c2cn[nH]c2[C@H]2CCCN2Cc2ccnc3ccccc23)c1. The van der Waals surface area contributed by atoms with Crippen LogP contribution in [-0.2, 0) is 6.54 Å². The fourth-order valence-corrected chi connectivity index (χ4v) is 4.48. The van der Waals surface area contributed by atoms with Crippen molar-refractivity contribution in [1.29, 1.82) is 0 Å². The smallest absolute Gasteiger partial charge is 0.0705 e. The summed E-state index contributed by atoms with van der Waals surface area (Å²) in [6.45, 7) is 1.98. The van der Waals surface area contributed by atoms with E-state index in [9.17, 15) is 0 Å². The van der Waals surface area contributed by atoms with Gasteiger partial charge in [-0.2, -0.15) is 5.10 Å². The first-order valence-electron chi connectivity index (χ1n) is 9.65. The van der Waals surface area contributed by atoms with Crippen molar-refractivity contribution < 1.29 is 0 Å². The molecule has 3 heterocycles. The first-order chi connectivity index (χ1) is 13.8. The highest BCUT2D eigenvalue weighted by Crippen LogP contribution is 2.38. The second-order valence-electron chi connectivity index (χ2n) is 7.32. The van der Waals surface area contributed by atoms with Gasteiger partial charge in [0, 0.05) is 28.7 Å². The van der Waals surface area contributed by atoms with Gasteiger partial charge in [0.15, 0.2) is 0 Å². The predicted molar refractivity (Wildman–Crippen MR) is 113 cm³/mol. The second kappa shape index (κ2) is 7.38. The number of hydrogen-bond donors (Lipinski definition) is 1. The van der Waals surface area contributed by atoms with Crippen LogP contribution in [0.4, 0.5) is 0 Å². The van der Waals surface area contributed by atoms with E-state index in [1.165, 1.54) is 23.1 Å². The van der Waals surface area contributed by atoms with Gasteiger partial charge in [0.25, 0.3) is 0 Å². The maximum Gasteiger partial charge on any atom is 0.0705 e. The van der Waals surface area contributed by atoms with E-state index in [2.05, 4.69) is 50.4 Å². The van der Waals surface area contributed by atoms with E-state index in [-0.39, 0.29) is 0 Å². The van der Waals surface area contributed by atoms with Crippen LogP contribution >= 0.6 is 11.6 Å². The number of nitrogens with zero attached hydrogens (tertiary/aromatic N) is 3. The van der Waals surface area contributed by atoms with E-state index in [1.54, 1.807) is 0 Å². The Kier molecular flexibility index (Phi) is 4.59. The zero-order chi connectivity index (χ0) is 18.9. The summed E-state index contributed by atoms with van der Waals surface area (Å²) in [4.78, 5) is 7.05. The molecule has 1 aliphatic rings. The van der Waals surface area contributed by atoms with Gasteiger partial charge in [0.05, 0.1) is 23.4 Å². The number of aromatic nitrogens is 3. The highest BCUT2D eigenvalue weighted by molar-refractivity contribution is 6.30. The zero-order valence-electron chi connectivity index (χ0n) is 15.5. The molecule has 0 radical (unpaired) electrons. The molecule has 0 spiro atoms. The lowest BCUT2D eigenvalue weighted by molar-refractivity contribution is 0.245. The second-order valence-corrected chi connectivity index (χ2v) is 7.76. The molecule has 0 saturated carbocycles. The first-order valence-corrected chi connectivity index (χ1v) is 10.0. The van der Waals surface area contributed by atoms with Crippen molar-refractivity contribution in [2.45, 2.75) is 25.4 Å². The van der Waals surface area contributed by atoms with Crippen molar-refractivity contribution in [3.8, 4) is 11.1 Å². The Morgan fingerprint density at radius 3 is 2.96 bits per heavy atom. The number of hydrogen-bond acceptors (Lipinski definition) is 3. The molecule has 2 aromatic heterocycles. The Balaban J connectivity index is 1.48. The van der Waals surface area contributed by atoms with Gasteiger partial charge in [0.1, 0.15) is 0 Å². The summed E-state index contributed by atoms with van der Waals surface area (Å²) in [6.07, 6.45) is 6.14. The maximum atomic E-state index is 6.22. The van der Waals surface area contributed by atoms with Crippen LogP contribution in [0.25, 0.3) is 22.0 Å². The number of nitrogens with one attached hydrogen (secondary N) is 1. The van der Waals surface area contributed by atoms with Gasteiger partial charge in [-0.15, -0.1) is 0 Å². The number of benzene rings is 2. The molecule has 0 amide bonds. The third kappa shape index (κ3) is 3.19. The van der Waals surface area contributed by atoms with Crippen LogP contribution in [0.15, 0.2) is 67.0 Å². The quantitative estimate of drug-likeness (QED) is 0.493. The summed E-state index contributed by atoms with van der Waals surface area (Å²) >= 11 is 6.22. The van der Waals surface area contributed by atoms with E-state index in [0.717, 1.165) is 41.2 Å². The van der Waals surface area contributed by atoms with E-state index in [1.807, 2.05) is 36.7 Å². The largest absolute Gasteiger partial charge is 0.290 e. The summed E-state index contributed by atoms with van der Waals surface area (Å²) < 4.78 is 0. The summed E-state index contributed by atoms with van der Waals surface area (Å²) in [6, 6.07) is 18.8. The van der Waals surface area contributed by atoms with Crippen molar-refractivity contribution in [2.24, 2.45) is 0 Å². The minimum atomic E-state index is 0.323. The van der Waals surface area contributed by atoms with Gasteiger partial charge in [-0.05, 0) is 54.8 Å². The summed E-state index contributed by atoms with van der Waals surface area (Å²) in [7, 11) is 0.